The van der Waals surface area contributed by atoms with Crippen molar-refractivity contribution in [3.8, 4) is 17.2 Å². The van der Waals surface area contributed by atoms with Gasteiger partial charge < -0.3 is 19.5 Å². The lowest BCUT2D eigenvalue weighted by atomic mass is 10.2. The van der Waals surface area contributed by atoms with Crippen LogP contribution in [0.3, 0.4) is 0 Å². The Morgan fingerprint density at radius 2 is 1.88 bits per heavy atom. The van der Waals surface area contributed by atoms with Gasteiger partial charge in [-0.3, -0.25) is 4.79 Å². The summed E-state index contributed by atoms with van der Waals surface area (Å²) in [7, 11) is 0. The molecule has 0 spiro atoms. The lowest BCUT2D eigenvalue weighted by Gasteiger charge is -2.09. The second-order valence-corrected chi connectivity index (χ2v) is 5.54. The van der Waals surface area contributed by atoms with Crippen LogP contribution in [0.15, 0.2) is 48.5 Å². The molecule has 2 aromatic rings. The fourth-order valence-corrected chi connectivity index (χ4v) is 2.44. The van der Waals surface area contributed by atoms with Gasteiger partial charge in [-0.25, -0.2) is 0 Å². The van der Waals surface area contributed by atoms with Crippen molar-refractivity contribution < 1.29 is 19.0 Å². The third kappa shape index (κ3) is 4.76. The molecule has 0 aliphatic carbocycles. The van der Waals surface area contributed by atoms with E-state index in [2.05, 4.69) is 5.32 Å². The van der Waals surface area contributed by atoms with Crippen LogP contribution < -0.4 is 19.5 Å². The predicted molar refractivity (Wildman–Crippen MR) is 97.3 cm³/mol. The molecular weight excluding hydrogens is 318 g/mol. The number of fused-ring (bicyclic) bond motifs is 1. The molecule has 5 heteroatoms. The van der Waals surface area contributed by atoms with Crippen LogP contribution in [-0.4, -0.2) is 25.7 Å². The number of hydrogen-bond acceptors (Lipinski definition) is 4. The Hall–Kier alpha value is -2.95. The average Bonchev–Trinajstić information content (AvgIpc) is 2.86. The molecule has 1 aliphatic heterocycles. The predicted octanol–water partition coefficient (Wildman–Crippen LogP) is 3.90. The zero-order valence-electron chi connectivity index (χ0n) is 14.2. The quantitative estimate of drug-likeness (QED) is 0.840. The molecule has 0 bridgehead atoms. The van der Waals surface area contributed by atoms with Crippen LogP contribution in [-0.2, 0) is 4.79 Å². The molecule has 1 N–H and O–H groups in total. The molecule has 5 nitrogen and oxygen atoms in total. The molecule has 3 rings (SSSR count). The molecule has 0 fully saturated rings. The lowest BCUT2D eigenvalue weighted by molar-refractivity contribution is -0.111. The number of anilines is 1. The van der Waals surface area contributed by atoms with Gasteiger partial charge in [-0.15, -0.1) is 0 Å². The van der Waals surface area contributed by atoms with Gasteiger partial charge in [-0.05, 0) is 42.8 Å². The molecule has 130 valence electrons. The summed E-state index contributed by atoms with van der Waals surface area (Å²) in [6, 6.07) is 13.0. The summed E-state index contributed by atoms with van der Waals surface area (Å²) in [6.07, 6.45) is 4.11. The smallest absolute Gasteiger partial charge is 0.248 e. The summed E-state index contributed by atoms with van der Waals surface area (Å²) >= 11 is 0. The summed E-state index contributed by atoms with van der Waals surface area (Å²) in [5.74, 6) is 1.98. The summed E-state index contributed by atoms with van der Waals surface area (Å²) in [5, 5.41) is 2.83. The first-order valence-corrected chi connectivity index (χ1v) is 8.36. The van der Waals surface area contributed by atoms with Crippen molar-refractivity contribution in [2.24, 2.45) is 0 Å². The van der Waals surface area contributed by atoms with Gasteiger partial charge in [0.25, 0.3) is 0 Å². The molecule has 25 heavy (non-hydrogen) atoms. The Morgan fingerprint density at radius 3 is 2.64 bits per heavy atom. The van der Waals surface area contributed by atoms with Crippen LogP contribution in [0.5, 0.6) is 17.2 Å². The first-order valence-electron chi connectivity index (χ1n) is 8.36. The molecule has 0 saturated heterocycles. The topological polar surface area (TPSA) is 56.8 Å². The van der Waals surface area contributed by atoms with E-state index in [1.165, 1.54) is 6.08 Å². The van der Waals surface area contributed by atoms with Crippen molar-refractivity contribution in [2.75, 3.05) is 25.1 Å². The highest BCUT2D eigenvalue weighted by Gasteiger charge is 2.11. The minimum absolute atomic E-state index is 0.205. The number of ether oxygens (including phenoxy) is 3. The molecular formula is C20H21NO4. The first kappa shape index (κ1) is 16.9. The molecule has 1 heterocycles. The fraction of sp³-hybridized carbons (Fsp3) is 0.250. The third-order valence-corrected chi connectivity index (χ3v) is 3.63. The zero-order chi connectivity index (χ0) is 17.5. The largest absolute Gasteiger partial charge is 0.494 e. The maximum absolute atomic E-state index is 12.1. The summed E-state index contributed by atoms with van der Waals surface area (Å²) in [6.45, 7) is 3.83. The van der Waals surface area contributed by atoms with E-state index in [4.69, 9.17) is 14.2 Å². The normalized spacial score (nSPS) is 13.3. The zero-order valence-corrected chi connectivity index (χ0v) is 14.2. The molecule has 1 amide bonds. The fourth-order valence-electron chi connectivity index (χ4n) is 2.44. The van der Waals surface area contributed by atoms with E-state index in [1.54, 1.807) is 18.2 Å². The third-order valence-electron chi connectivity index (χ3n) is 3.63. The summed E-state index contributed by atoms with van der Waals surface area (Å²) < 4.78 is 16.6. The maximum atomic E-state index is 12.1. The van der Waals surface area contributed by atoms with Crippen LogP contribution in [0.4, 0.5) is 5.69 Å². The minimum atomic E-state index is -0.205. The van der Waals surface area contributed by atoms with E-state index in [0.717, 1.165) is 17.7 Å². The van der Waals surface area contributed by atoms with Gasteiger partial charge in [0.1, 0.15) is 5.75 Å². The van der Waals surface area contributed by atoms with E-state index in [-0.39, 0.29) is 5.91 Å². The molecule has 0 aromatic heterocycles. The number of nitrogens with one attached hydrogen (secondary N) is 1. The molecule has 0 atom stereocenters. The van der Waals surface area contributed by atoms with Crippen LogP contribution in [0.1, 0.15) is 18.9 Å². The molecule has 2 aromatic carbocycles. The number of carbonyl (C=O) groups excluding carboxylic acids is 1. The second-order valence-electron chi connectivity index (χ2n) is 5.54. The lowest BCUT2D eigenvalue weighted by Crippen LogP contribution is -2.08. The van der Waals surface area contributed by atoms with E-state index < -0.39 is 0 Å². The van der Waals surface area contributed by atoms with Crippen molar-refractivity contribution in [1.29, 1.82) is 0 Å². The average molecular weight is 339 g/mol. The number of benzene rings is 2. The van der Waals surface area contributed by atoms with Gasteiger partial charge in [0.2, 0.25) is 5.91 Å². The molecule has 0 radical (unpaired) electrons. The van der Waals surface area contributed by atoms with E-state index in [0.29, 0.717) is 37.0 Å². The van der Waals surface area contributed by atoms with Crippen molar-refractivity contribution >= 4 is 17.7 Å². The highest BCUT2D eigenvalue weighted by atomic mass is 16.5. The number of carbonyl (C=O) groups is 1. The Morgan fingerprint density at radius 1 is 1.12 bits per heavy atom. The Balaban J connectivity index is 1.61. The van der Waals surface area contributed by atoms with E-state index in [9.17, 15) is 4.79 Å². The van der Waals surface area contributed by atoms with E-state index >= 15 is 0 Å². The van der Waals surface area contributed by atoms with Crippen LogP contribution >= 0.6 is 0 Å². The van der Waals surface area contributed by atoms with Gasteiger partial charge in [0.05, 0.1) is 19.8 Å². The van der Waals surface area contributed by atoms with Gasteiger partial charge >= 0.3 is 0 Å². The van der Waals surface area contributed by atoms with Gasteiger partial charge in [0.15, 0.2) is 11.5 Å². The van der Waals surface area contributed by atoms with Crippen molar-refractivity contribution in [3.63, 3.8) is 0 Å². The first-order chi connectivity index (χ1) is 12.2. The van der Waals surface area contributed by atoms with Crippen molar-refractivity contribution in [3.05, 3.63) is 54.1 Å². The number of amides is 1. The van der Waals surface area contributed by atoms with Crippen molar-refractivity contribution in [2.45, 2.75) is 13.3 Å². The molecule has 0 saturated carbocycles. The van der Waals surface area contributed by atoms with Gasteiger partial charge in [-0.2, -0.15) is 0 Å². The Labute approximate surface area is 147 Å². The Kier molecular flexibility index (Phi) is 5.57. The summed E-state index contributed by atoms with van der Waals surface area (Å²) in [5.41, 5.74) is 1.60. The Bertz CT molecular complexity index is 753. The maximum Gasteiger partial charge on any atom is 0.248 e. The van der Waals surface area contributed by atoms with Gasteiger partial charge in [0, 0.05) is 24.3 Å². The standard InChI is InChI=1S/C20H21NO4/c1-2-23-17-8-4-15(5-9-17)6-11-20(22)21-16-7-10-18-19(14-16)25-13-3-12-24-18/h4-11,14H,2-3,12-13H2,1H3,(H,21,22)/b11-6+. The van der Waals surface area contributed by atoms with E-state index in [1.807, 2.05) is 37.3 Å². The summed E-state index contributed by atoms with van der Waals surface area (Å²) in [4.78, 5) is 12.1. The van der Waals surface area contributed by atoms with Gasteiger partial charge in [-0.1, -0.05) is 12.1 Å². The van der Waals surface area contributed by atoms with Crippen LogP contribution in [0, 0.1) is 0 Å². The SMILES string of the molecule is CCOc1ccc(/C=C/C(=O)Nc2ccc3c(c2)OCCCO3)cc1. The highest BCUT2D eigenvalue weighted by Crippen LogP contribution is 2.32. The number of hydrogen-bond donors (Lipinski definition) is 1. The number of rotatable bonds is 5. The monoisotopic (exact) mass is 339 g/mol. The van der Waals surface area contributed by atoms with Crippen LogP contribution in [0.25, 0.3) is 6.08 Å². The highest BCUT2D eigenvalue weighted by molar-refractivity contribution is 6.02. The molecule has 0 unspecified atom stereocenters. The minimum Gasteiger partial charge on any atom is -0.494 e. The van der Waals surface area contributed by atoms with Crippen molar-refractivity contribution in [1.82, 2.24) is 0 Å². The van der Waals surface area contributed by atoms with Crippen LogP contribution in [0.2, 0.25) is 0 Å². The second kappa shape index (κ2) is 8.24. The molecule has 1 aliphatic rings.